The quantitative estimate of drug-likeness (QED) is 0.481. The molecule has 0 radical (unpaired) electrons. The zero-order valence-corrected chi connectivity index (χ0v) is 23.8. The maximum absolute atomic E-state index is 12.6. The molecule has 14 heteroatoms. The second-order valence-electron chi connectivity index (χ2n) is 10.4. The number of aromatic nitrogens is 3. The Labute approximate surface area is 233 Å². The lowest BCUT2D eigenvalue weighted by Gasteiger charge is -2.39. The molecule has 3 saturated heterocycles. The number of hydrogen-bond acceptors (Lipinski definition) is 12. The van der Waals surface area contributed by atoms with Crippen molar-refractivity contribution in [3.05, 3.63) is 16.6 Å². The predicted octanol–water partition coefficient (Wildman–Crippen LogP) is 1.03. The highest BCUT2D eigenvalue weighted by Gasteiger charge is 2.26. The topological polar surface area (TPSA) is 125 Å². The van der Waals surface area contributed by atoms with Crippen molar-refractivity contribution in [2.45, 2.75) is 19.8 Å². The summed E-state index contributed by atoms with van der Waals surface area (Å²) in [5.41, 5.74) is 0.464. The molecular formula is C25H38N10O3S. The normalized spacial score (nSPS) is 19.2. The second kappa shape index (κ2) is 12.0. The van der Waals surface area contributed by atoms with Crippen molar-refractivity contribution in [2.24, 2.45) is 0 Å². The van der Waals surface area contributed by atoms with Crippen molar-refractivity contribution in [3.63, 3.8) is 0 Å². The summed E-state index contributed by atoms with van der Waals surface area (Å²) in [6.45, 7) is 10.5. The molecule has 0 bridgehead atoms. The Bertz CT molecular complexity index is 1170. The van der Waals surface area contributed by atoms with E-state index >= 15 is 0 Å². The first-order chi connectivity index (χ1) is 18.8. The number of carboxylic acids is 1. The number of nitrogens with one attached hydrogen (secondary N) is 1. The van der Waals surface area contributed by atoms with Crippen LogP contribution in [-0.2, 0) is 4.79 Å². The van der Waals surface area contributed by atoms with E-state index in [9.17, 15) is 14.7 Å². The Morgan fingerprint density at radius 1 is 0.923 bits per heavy atom. The number of carbonyl (C=O) groups excluding carboxylic acids is 1. The van der Waals surface area contributed by atoms with Crippen molar-refractivity contribution in [1.82, 2.24) is 34.8 Å². The number of nitrogens with zero attached hydrogens (tertiary/aromatic N) is 9. The van der Waals surface area contributed by atoms with E-state index in [4.69, 9.17) is 9.97 Å². The van der Waals surface area contributed by atoms with E-state index in [1.54, 1.807) is 6.92 Å². The zero-order valence-electron chi connectivity index (χ0n) is 23.0. The summed E-state index contributed by atoms with van der Waals surface area (Å²) in [5.74, 6) is 1.28. The third-order valence-electron chi connectivity index (χ3n) is 7.57. The molecule has 5 rings (SSSR count). The van der Waals surface area contributed by atoms with Gasteiger partial charge in [0.2, 0.25) is 11.9 Å². The number of aryl methyl sites for hydroxylation is 1. The molecule has 13 nitrogen and oxygen atoms in total. The summed E-state index contributed by atoms with van der Waals surface area (Å²) < 4.78 is 0. The minimum Gasteiger partial charge on any atom is -0.477 e. The number of carboxylic acid groups (broad SMARTS) is 1. The number of rotatable bonds is 8. The molecule has 1 amide bonds. The van der Waals surface area contributed by atoms with E-state index in [2.05, 4.69) is 49.1 Å². The van der Waals surface area contributed by atoms with Gasteiger partial charge in [0.15, 0.2) is 5.13 Å². The van der Waals surface area contributed by atoms with Crippen LogP contribution in [0.15, 0.2) is 6.07 Å². The monoisotopic (exact) mass is 558 g/mol. The molecule has 39 heavy (non-hydrogen) atoms. The molecule has 3 aliphatic rings. The molecule has 2 aromatic rings. The van der Waals surface area contributed by atoms with Crippen LogP contribution in [0.2, 0.25) is 0 Å². The number of hydrogen-bond donors (Lipinski definition) is 2. The Kier molecular flexibility index (Phi) is 8.45. The largest absolute Gasteiger partial charge is 0.477 e. The Hall–Kier alpha value is -3.07. The van der Waals surface area contributed by atoms with Gasteiger partial charge in [-0.2, -0.15) is 9.97 Å². The van der Waals surface area contributed by atoms with Gasteiger partial charge in [0, 0.05) is 85.6 Å². The third-order valence-corrected chi connectivity index (χ3v) is 8.63. The fourth-order valence-electron chi connectivity index (χ4n) is 5.26. The number of carbonyl (C=O) groups is 2. The first-order valence-electron chi connectivity index (χ1n) is 13.6. The average Bonchev–Trinajstić information content (AvgIpc) is 3.59. The minimum atomic E-state index is -0.992. The predicted molar refractivity (Wildman–Crippen MR) is 151 cm³/mol. The van der Waals surface area contributed by atoms with Crippen LogP contribution in [0.25, 0.3) is 0 Å². The van der Waals surface area contributed by atoms with Crippen molar-refractivity contribution >= 4 is 45.9 Å². The number of thiazole rings is 1. The highest BCUT2D eigenvalue weighted by atomic mass is 32.1. The van der Waals surface area contributed by atoms with Gasteiger partial charge < -0.3 is 19.8 Å². The van der Waals surface area contributed by atoms with Gasteiger partial charge in [0.05, 0.1) is 12.2 Å². The number of likely N-dealkylation sites (tertiary alicyclic amines) is 1. The first kappa shape index (κ1) is 27.5. The number of amides is 1. The third kappa shape index (κ3) is 6.57. The summed E-state index contributed by atoms with van der Waals surface area (Å²) in [6, 6.07) is 2.04. The standard InChI is InChI=1S/C25H38N10O3S/c1-18-22(23(37)38)39-25(26-18)29-24-27-19(16-20(28-24)33-12-14-35(15-13-33)30(2)3)32-10-8-31(9-11-32)17-21(36)34-6-4-5-7-34/h16H,4-15,17H2,1-3H3,(H,37,38)(H,26,27,28,29). The van der Waals surface area contributed by atoms with Crippen molar-refractivity contribution in [1.29, 1.82) is 0 Å². The summed E-state index contributed by atoms with van der Waals surface area (Å²) >= 11 is 1.08. The average molecular weight is 559 g/mol. The molecule has 0 aliphatic carbocycles. The van der Waals surface area contributed by atoms with Gasteiger partial charge in [-0.15, -0.1) is 0 Å². The molecule has 0 aromatic carbocycles. The van der Waals surface area contributed by atoms with Crippen LogP contribution in [-0.4, -0.2) is 138 Å². The maximum atomic E-state index is 12.6. The van der Waals surface area contributed by atoms with Gasteiger partial charge in [-0.1, -0.05) is 11.3 Å². The van der Waals surface area contributed by atoms with E-state index in [0.29, 0.717) is 23.3 Å². The first-order valence-corrected chi connectivity index (χ1v) is 14.4. The number of aromatic carboxylic acids is 1. The van der Waals surface area contributed by atoms with Crippen LogP contribution in [0.4, 0.5) is 22.7 Å². The number of anilines is 4. The van der Waals surface area contributed by atoms with Crippen LogP contribution >= 0.6 is 11.3 Å². The summed E-state index contributed by atoms with van der Waals surface area (Å²) in [7, 11) is 4.11. The summed E-state index contributed by atoms with van der Waals surface area (Å²) in [4.78, 5) is 47.0. The van der Waals surface area contributed by atoms with Crippen LogP contribution in [0, 0.1) is 6.92 Å². The molecule has 0 atom stereocenters. The highest BCUT2D eigenvalue weighted by Crippen LogP contribution is 2.28. The molecule has 212 valence electrons. The van der Waals surface area contributed by atoms with Gasteiger partial charge in [-0.25, -0.2) is 19.8 Å². The fourth-order valence-corrected chi connectivity index (χ4v) is 6.06. The Balaban J connectivity index is 1.31. The van der Waals surface area contributed by atoms with Gasteiger partial charge in [-0.3, -0.25) is 15.0 Å². The van der Waals surface area contributed by atoms with Crippen molar-refractivity contribution < 1.29 is 14.7 Å². The Morgan fingerprint density at radius 3 is 2.05 bits per heavy atom. The molecule has 3 aliphatic heterocycles. The summed E-state index contributed by atoms with van der Waals surface area (Å²) in [5, 5.41) is 17.5. The SMILES string of the molecule is Cc1nc(Nc2nc(N3CCN(CC(=O)N4CCCC4)CC3)cc(N3CCN(N(C)C)CC3)n2)sc1C(=O)O. The van der Waals surface area contributed by atoms with Crippen LogP contribution in [0.3, 0.4) is 0 Å². The molecule has 2 N–H and O–H groups in total. The van der Waals surface area contributed by atoms with Gasteiger partial charge >= 0.3 is 5.97 Å². The highest BCUT2D eigenvalue weighted by molar-refractivity contribution is 7.17. The lowest BCUT2D eigenvalue weighted by atomic mass is 10.3. The maximum Gasteiger partial charge on any atom is 0.347 e. The molecular weight excluding hydrogens is 520 g/mol. The Morgan fingerprint density at radius 2 is 1.51 bits per heavy atom. The lowest BCUT2D eigenvalue weighted by molar-refractivity contribution is -0.131. The number of hydrazine groups is 1. The van der Waals surface area contributed by atoms with Crippen molar-refractivity contribution in [3.8, 4) is 0 Å². The van der Waals surface area contributed by atoms with E-state index < -0.39 is 5.97 Å². The van der Waals surface area contributed by atoms with Crippen LogP contribution < -0.4 is 15.1 Å². The van der Waals surface area contributed by atoms with Gasteiger partial charge in [-0.05, 0) is 19.8 Å². The molecule has 0 spiro atoms. The number of piperazine rings is 2. The smallest absolute Gasteiger partial charge is 0.347 e. The van der Waals surface area contributed by atoms with Crippen molar-refractivity contribution in [2.75, 3.05) is 101 Å². The van der Waals surface area contributed by atoms with E-state index in [-0.39, 0.29) is 10.8 Å². The lowest BCUT2D eigenvalue weighted by Crippen LogP contribution is -2.51. The summed E-state index contributed by atoms with van der Waals surface area (Å²) in [6.07, 6.45) is 2.21. The van der Waals surface area contributed by atoms with Gasteiger partial charge in [0.1, 0.15) is 16.5 Å². The second-order valence-corrected chi connectivity index (χ2v) is 11.4. The molecule has 3 fully saturated rings. The van der Waals surface area contributed by atoms with Gasteiger partial charge in [0.25, 0.3) is 0 Å². The molecule has 5 heterocycles. The van der Waals surface area contributed by atoms with Crippen LogP contribution in [0.5, 0.6) is 0 Å². The minimum absolute atomic E-state index is 0.202. The molecule has 2 aromatic heterocycles. The zero-order chi connectivity index (χ0) is 27.5. The van der Waals surface area contributed by atoms with E-state index in [0.717, 1.165) is 101 Å². The van der Waals surface area contributed by atoms with E-state index in [1.165, 1.54) is 0 Å². The van der Waals surface area contributed by atoms with E-state index in [1.807, 2.05) is 11.0 Å². The van der Waals surface area contributed by atoms with Crippen LogP contribution in [0.1, 0.15) is 28.2 Å². The molecule has 0 saturated carbocycles. The molecule has 0 unspecified atom stereocenters. The fraction of sp³-hybridized carbons (Fsp3) is 0.640.